The first-order valence-electron chi connectivity index (χ1n) is 7.30. The molecule has 0 aliphatic carbocycles. The van der Waals surface area contributed by atoms with Gasteiger partial charge in [0.25, 0.3) is 11.8 Å². The molecule has 3 N–H and O–H groups in total. The lowest BCUT2D eigenvalue weighted by molar-refractivity contribution is -0.128. The van der Waals surface area contributed by atoms with Crippen molar-refractivity contribution in [1.29, 1.82) is 0 Å². The Kier molecular flexibility index (Phi) is 6.47. The van der Waals surface area contributed by atoms with Gasteiger partial charge in [0.15, 0.2) is 0 Å². The predicted octanol–water partition coefficient (Wildman–Crippen LogP) is 1.60. The number of benzene rings is 2. The summed E-state index contributed by atoms with van der Waals surface area (Å²) >= 11 is 5.75. The second-order valence-electron chi connectivity index (χ2n) is 5.09. The summed E-state index contributed by atoms with van der Waals surface area (Å²) in [6, 6.07) is 11.8. The normalized spacial score (nSPS) is 10.0. The van der Waals surface area contributed by atoms with E-state index in [0.717, 1.165) is 11.6 Å². The van der Waals surface area contributed by atoms with Gasteiger partial charge < -0.3 is 5.32 Å². The number of hydrogen-bond donors (Lipinski definition) is 3. The number of rotatable bonds is 5. The first kappa shape index (κ1) is 18.4. The molecular weight excluding hydrogens is 349 g/mol. The van der Waals surface area contributed by atoms with Gasteiger partial charge >= 0.3 is 0 Å². The lowest BCUT2D eigenvalue weighted by atomic mass is 10.1. The summed E-state index contributed by atoms with van der Waals surface area (Å²) in [5.74, 6) is -2.19. The number of hydrogen-bond acceptors (Lipinski definition) is 3. The standard InChI is InChI=1S/C17H15ClFN3O3/c18-13-6-4-11(5-7-13)8-15(23)21-22-16(24)10-20-17(25)12-2-1-3-14(19)9-12/h1-7,9H,8,10H2,(H,20,25)(H,21,23)(H,22,24). The highest BCUT2D eigenvalue weighted by atomic mass is 35.5. The minimum atomic E-state index is -0.616. The molecule has 0 spiro atoms. The number of halogens is 2. The summed E-state index contributed by atoms with van der Waals surface area (Å²) in [6.45, 7) is -0.365. The largest absolute Gasteiger partial charge is 0.343 e. The first-order valence-corrected chi connectivity index (χ1v) is 7.68. The van der Waals surface area contributed by atoms with E-state index in [1.54, 1.807) is 24.3 Å². The van der Waals surface area contributed by atoms with Gasteiger partial charge in [-0.3, -0.25) is 25.2 Å². The van der Waals surface area contributed by atoms with Crippen LogP contribution in [0.15, 0.2) is 48.5 Å². The Bertz CT molecular complexity index is 781. The van der Waals surface area contributed by atoms with E-state index in [-0.39, 0.29) is 18.5 Å². The Morgan fingerprint density at radius 1 is 0.960 bits per heavy atom. The maximum absolute atomic E-state index is 13.0. The van der Waals surface area contributed by atoms with E-state index in [0.29, 0.717) is 5.02 Å². The van der Waals surface area contributed by atoms with Crippen molar-refractivity contribution < 1.29 is 18.8 Å². The van der Waals surface area contributed by atoms with Crippen LogP contribution in [0.4, 0.5) is 4.39 Å². The third-order valence-electron chi connectivity index (χ3n) is 3.12. The summed E-state index contributed by atoms with van der Waals surface area (Å²) in [7, 11) is 0. The molecule has 0 atom stereocenters. The fourth-order valence-electron chi connectivity index (χ4n) is 1.91. The molecule has 130 valence electrons. The SMILES string of the molecule is O=C(CNC(=O)c1cccc(F)c1)NNC(=O)Cc1ccc(Cl)cc1. The predicted molar refractivity (Wildman–Crippen MR) is 90.2 cm³/mol. The minimum absolute atomic E-state index is 0.0626. The highest BCUT2D eigenvalue weighted by Gasteiger charge is 2.10. The number of hydrazine groups is 1. The van der Waals surface area contributed by atoms with Gasteiger partial charge in [-0.15, -0.1) is 0 Å². The number of nitrogens with one attached hydrogen (secondary N) is 3. The minimum Gasteiger partial charge on any atom is -0.343 e. The molecular formula is C17H15ClFN3O3. The van der Waals surface area contributed by atoms with Crippen molar-refractivity contribution in [1.82, 2.24) is 16.2 Å². The van der Waals surface area contributed by atoms with Gasteiger partial charge in [-0.05, 0) is 35.9 Å². The van der Waals surface area contributed by atoms with Gasteiger partial charge in [0.1, 0.15) is 5.82 Å². The summed E-state index contributed by atoms with van der Waals surface area (Å²) in [4.78, 5) is 35.1. The fraction of sp³-hybridized carbons (Fsp3) is 0.118. The van der Waals surface area contributed by atoms with Crippen LogP contribution in [0.2, 0.25) is 5.02 Å². The van der Waals surface area contributed by atoms with Crippen molar-refractivity contribution in [2.45, 2.75) is 6.42 Å². The molecule has 8 heteroatoms. The van der Waals surface area contributed by atoms with Gasteiger partial charge in [0.2, 0.25) is 5.91 Å². The van der Waals surface area contributed by atoms with Crippen molar-refractivity contribution in [3.8, 4) is 0 Å². The van der Waals surface area contributed by atoms with Crippen molar-refractivity contribution in [2.24, 2.45) is 0 Å². The lowest BCUT2D eigenvalue weighted by Gasteiger charge is -2.08. The third kappa shape index (κ3) is 6.23. The Hall–Kier alpha value is -2.93. The monoisotopic (exact) mass is 363 g/mol. The average Bonchev–Trinajstić information content (AvgIpc) is 2.60. The molecule has 6 nitrogen and oxygen atoms in total. The van der Waals surface area contributed by atoms with E-state index in [1.807, 2.05) is 0 Å². The topological polar surface area (TPSA) is 87.3 Å². The van der Waals surface area contributed by atoms with Crippen LogP contribution in [0.1, 0.15) is 15.9 Å². The zero-order valence-electron chi connectivity index (χ0n) is 13.0. The average molecular weight is 364 g/mol. The molecule has 2 aromatic rings. The highest BCUT2D eigenvalue weighted by Crippen LogP contribution is 2.09. The molecule has 3 amide bonds. The summed E-state index contributed by atoms with van der Waals surface area (Å²) < 4.78 is 13.0. The van der Waals surface area contributed by atoms with Crippen LogP contribution in [0.5, 0.6) is 0 Å². The molecule has 0 radical (unpaired) electrons. The smallest absolute Gasteiger partial charge is 0.257 e. The molecule has 0 aliphatic heterocycles. The van der Waals surface area contributed by atoms with E-state index in [9.17, 15) is 18.8 Å². The molecule has 0 fully saturated rings. The van der Waals surface area contributed by atoms with Crippen LogP contribution in [0.25, 0.3) is 0 Å². The van der Waals surface area contributed by atoms with Crippen molar-refractivity contribution in [3.05, 3.63) is 70.5 Å². The second kappa shape index (κ2) is 8.79. The maximum atomic E-state index is 13.0. The fourth-order valence-corrected chi connectivity index (χ4v) is 2.03. The highest BCUT2D eigenvalue weighted by molar-refractivity contribution is 6.30. The van der Waals surface area contributed by atoms with Crippen molar-refractivity contribution in [3.63, 3.8) is 0 Å². The van der Waals surface area contributed by atoms with Crippen LogP contribution < -0.4 is 16.2 Å². The maximum Gasteiger partial charge on any atom is 0.257 e. The first-order chi connectivity index (χ1) is 11.9. The van der Waals surface area contributed by atoms with Crippen molar-refractivity contribution in [2.75, 3.05) is 6.54 Å². The van der Waals surface area contributed by atoms with Crippen molar-refractivity contribution >= 4 is 29.3 Å². The van der Waals surface area contributed by atoms with Crippen LogP contribution in [-0.2, 0) is 16.0 Å². The molecule has 0 aromatic heterocycles. The van der Waals surface area contributed by atoms with Crippen LogP contribution in [-0.4, -0.2) is 24.3 Å². The Morgan fingerprint density at radius 3 is 2.32 bits per heavy atom. The number of carbonyl (C=O) groups excluding carboxylic acids is 3. The molecule has 25 heavy (non-hydrogen) atoms. The molecule has 0 bridgehead atoms. The van der Waals surface area contributed by atoms with Crippen LogP contribution in [0.3, 0.4) is 0 Å². The van der Waals surface area contributed by atoms with E-state index in [4.69, 9.17) is 11.6 Å². The Morgan fingerprint density at radius 2 is 1.64 bits per heavy atom. The molecule has 0 heterocycles. The number of amides is 3. The summed E-state index contributed by atoms with van der Waals surface area (Å²) in [5.41, 5.74) is 5.24. The Labute approximate surface area is 148 Å². The number of carbonyl (C=O) groups is 3. The van der Waals surface area contributed by atoms with Crippen LogP contribution in [0, 0.1) is 5.82 Å². The molecule has 0 saturated carbocycles. The van der Waals surface area contributed by atoms with E-state index < -0.39 is 23.5 Å². The van der Waals surface area contributed by atoms with Gasteiger partial charge in [-0.25, -0.2) is 4.39 Å². The van der Waals surface area contributed by atoms with E-state index in [1.165, 1.54) is 18.2 Å². The third-order valence-corrected chi connectivity index (χ3v) is 3.37. The molecule has 0 aliphatic rings. The molecule has 2 rings (SSSR count). The van der Waals surface area contributed by atoms with Gasteiger partial charge in [0.05, 0.1) is 13.0 Å². The molecule has 0 saturated heterocycles. The zero-order chi connectivity index (χ0) is 18.2. The summed E-state index contributed by atoms with van der Waals surface area (Å²) in [5, 5.41) is 2.88. The molecule has 0 unspecified atom stereocenters. The Balaban J connectivity index is 1.72. The molecule has 2 aromatic carbocycles. The van der Waals surface area contributed by atoms with E-state index >= 15 is 0 Å². The van der Waals surface area contributed by atoms with Gasteiger partial charge in [-0.2, -0.15) is 0 Å². The summed E-state index contributed by atoms with van der Waals surface area (Å²) in [6.07, 6.45) is 0.0626. The second-order valence-corrected chi connectivity index (χ2v) is 5.53. The van der Waals surface area contributed by atoms with E-state index in [2.05, 4.69) is 16.2 Å². The lowest BCUT2D eigenvalue weighted by Crippen LogP contribution is -2.46. The van der Waals surface area contributed by atoms with Crippen LogP contribution >= 0.6 is 11.6 Å². The zero-order valence-corrected chi connectivity index (χ0v) is 13.8. The van der Waals surface area contributed by atoms with Gasteiger partial charge in [-0.1, -0.05) is 29.8 Å². The van der Waals surface area contributed by atoms with Gasteiger partial charge in [0, 0.05) is 10.6 Å². The quantitative estimate of drug-likeness (QED) is 0.705.